The third-order valence-corrected chi connectivity index (χ3v) is 8.82. The molecule has 0 unspecified atom stereocenters. The Balaban J connectivity index is 1.38. The van der Waals surface area contributed by atoms with Crippen LogP contribution in [0.25, 0.3) is 0 Å². The molecule has 3 N–H and O–H groups in total. The van der Waals surface area contributed by atoms with Crippen LogP contribution in [0, 0.1) is 5.92 Å². The molecular weight excluding hydrogens is 592 g/mol. The molecule has 14 nitrogen and oxygen atoms in total. The third kappa shape index (κ3) is 6.83. The smallest absolute Gasteiger partial charge is 0.321 e. The number of sulfonamides is 1. The van der Waals surface area contributed by atoms with E-state index in [0.29, 0.717) is 28.5 Å². The standard InChI is InChI=1S/C29H36N6O8S/c1-18-12-35(19(2)15-36)28(37)10-20-9-22(32-44(39,40)27-14-33(3)16-30-27)6-7-23(20)43-26(18)13-34(4)29(38)31-21-5-8-24-25(11-21)42-17-41-24/h5-9,11,14,16,18-19,26,32,36H,10,12-13,15,17H2,1-4H3,(H,31,38)/t18-,19-,26-/m1/s1. The molecule has 0 bridgehead atoms. The number of aromatic nitrogens is 2. The van der Waals surface area contributed by atoms with Crippen LogP contribution in [0.3, 0.4) is 0 Å². The van der Waals surface area contributed by atoms with Crippen LogP contribution in [0.2, 0.25) is 0 Å². The van der Waals surface area contributed by atoms with E-state index in [1.165, 1.54) is 22.0 Å². The van der Waals surface area contributed by atoms with Gasteiger partial charge < -0.3 is 39.0 Å². The lowest BCUT2D eigenvalue weighted by Crippen LogP contribution is -2.48. The molecule has 2 aromatic carbocycles. The molecule has 2 aliphatic rings. The molecule has 0 radical (unpaired) electrons. The van der Waals surface area contributed by atoms with Gasteiger partial charge >= 0.3 is 6.03 Å². The van der Waals surface area contributed by atoms with Gasteiger partial charge in [-0.3, -0.25) is 9.52 Å². The Morgan fingerprint density at radius 3 is 2.61 bits per heavy atom. The lowest BCUT2D eigenvalue weighted by atomic mass is 10.0. The molecule has 3 heterocycles. The summed E-state index contributed by atoms with van der Waals surface area (Å²) in [4.78, 5) is 33.6. The van der Waals surface area contributed by atoms with Gasteiger partial charge in [-0.15, -0.1) is 0 Å². The summed E-state index contributed by atoms with van der Waals surface area (Å²) in [6, 6.07) is 8.98. The van der Waals surface area contributed by atoms with Crippen LogP contribution in [0.15, 0.2) is 53.9 Å². The Bertz CT molecular complexity index is 1640. The number of nitrogens with zero attached hydrogens (tertiary/aromatic N) is 4. The van der Waals surface area contributed by atoms with Gasteiger partial charge in [-0.1, -0.05) is 6.92 Å². The number of anilines is 2. The number of ether oxygens (including phenoxy) is 3. The summed E-state index contributed by atoms with van der Waals surface area (Å²) in [5.74, 6) is 1.04. The molecule has 15 heteroatoms. The van der Waals surface area contributed by atoms with Gasteiger partial charge in [-0.25, -0.2) is 9.78 Å². The van der Waals surface area contributed by atoms with Crippen molar-refractivity contribution < 1.29 is 37.3 Å². The number of benzene rings is 2. The van der Waals surface area contributed by atoms with E-state index in [-0.39, 0.29) is 61.5 Å². The van der Waals surface area contributed by atoms with E-state index in [4.69, 9.17) is 14.2 Å². The minimum atomic E-state index is -3.98. The van der Waals surface area contributed by atoms with Crippen molar-refractivity contribution in [3.05, 3.63) is 54.5 Å². The van der Waals surface area contributed by atoms with Gasteiger partial charge in [0.25, 0.3) is 10.0 Å². The molecule has 3 amide bonds. The normalized spacial score (nSPS) is 18.8. The lowest BCUT2D eigenvalue weighted by Gasteiger charge is -2.34. The Morgan fingerprint density at radius 2 is 1.89 bits per heavy atom. The molecule has 0 spiro atoms. The molecule has 3 atom stereocenters. The van der Waals surface area contributed by atoms with Crippen molar-refractivity contribution in [2.75, 3.05) is 43.6 Å². The molecule has 44 heavy (non-hydrogen) atoms. The van der Waals surface area contributed by atoms with Gasteiger partial charge in [-0.2, -0.15) is 8.42 Å². The number of imidazole rings is 1. The van der Waals surface area contributed by atoms with Crippen LogP contribution in [-0.2, 0) is 28.3 Å². The van der Waals surface area contributed by atoms with E-state index in [9.17, 15) is 23.1 Å². The molecular formula is C29H36N6O8S. The SMILES string of the molecule is C[C@@H]1CN([C@H](C)CO)C(=O)Cc2cc(NS(=O)(=O)c3cn(C)cn3)ccc2O[C@@H]1CN(C)C(=O)Nc1ccc2c(c1)OCO2. The van der Waals surface area contributed by atoms with Crippen molar-refractivity contribution in [1.29, 1.82) is 0 Å². The predicted molar refractivity (Wildman–Crippen MR) is 160 cm³/mol. The molecule has 3 aromatic rings. The third-order valence-electron chi connectivity index (χ3n) is 7.55. The summed E-state index contributed by atoms with van der Waals surface area (Å²) in [6.45, 7) is 3.99. The first-order valence-corrected chi connectivity index (χ1v) is 15.5. The lowest BCUT2D eigenvalue weighted by molar-refractivity contribution is -0.134. The van der Waals surface area contributed by atoms with E-state index < -0.39 is 22.2 Å². The number of likely N-dealkylation sites (N-methyl/N-ethyl adjacent to an activating group) is 1. The Labute approximate surface area is 255 Å². The number of fused-ring (bicyclic) bond motifs is 2. The summed E-state index contributed by atoms with van der Waals surface area (Å²) in [6.07, 6.45) is 2.12. The maximum atomic E-state index is 13.5. The fraction of sp³-hybridized carbons (Fsp3) is 0.414. The second kappa shape index (κ2) is 12.6. The number of urea groups is 1. The maximum absolute atomic E-state index is 13.5. The fourth-order valence-corrected chi connectivity index (χ4v) is 6.02. The largest absolute Gasteiger partial charge is 0.488 e. The van der Waals surface area contributed by atoms with E-state index in [1.54, 1.807) is 62.3 Å². The van der Waals surface area contributed by atoms with E-state index in [2.05, 4.69) is 15.0 Å². The zero-order valence-electron chi connectivity index (χ0n) is 24.9. The van der Waals surface area contributed by atoms with Crippen molar-refractivity contribution >= 4 is 33.3 Å². The molecule has 0 aliphatic carbocycles. The van der Waals surface area contributed by atoms with Crippen molar-refractivity contribution in [1.82, 2.24) is 19.4 Å². The monoisotopic (exact) mass is 628 g/mol. The number of carbonyl (C=O) groups excluding carboxylic acids is 2. The molecule has 2 aliphatic heterocycles. The van der Waals surface area contributed by atoms with Gasteiger partial charge in [0.15, 0.2) is 16.5 Å². The number of aliphatic hydroxyl groups is 1. The number of rotatable bonds is 8. The second-order valence-electron chi connectivity index (χ2n) is 11.1. The van der Waals surface area contributed by atoms with Crippen LogP contribution in [-0.4, -0.2) is 90.5 Å². The van der Waals surface area contributed by atoms with Crippen molar-refractivity contribution in [2.45, 2.75) is 37.4 Å². The van der Waals surface area contributed by atoms with Gasteiger partial charge in [-0.05, 0) is 37.3 Å². The number of hydrogen-bond donors (Lipinski definition) is 3. The van der Waals surface area contributed by atoms with Gasteiger partial charge in [0.2, 0.25) is 12.7 Å². The summed E-state index contributed by atoms with van der Waals surface area (Å²) in [7, 11) is -0.671. The summed E-state index contributed by atoms with van der Waals surface area (Å²) in [5.41, 5.74) is 1.23. The average Bonchev–Trinajstić information content (AvgIpc) is 3.65. The Morgan fingerprint density at radius 1 is 1.16 bits per heavy atom. The zero-order valence-corrected chi connectivity index (χ0v) is 25.7. The van der Waals surface area contributed by atoms with Crippen molar-refractivity contribution in [3.8, 4) is 17.2 Å². The molecule has 0 saturated carbocycles. The zero-order chi connectivity index (χ0) is 31.6. The van der Waals surface area contributed by atoms with Crippen LogP contribution in [0.1, 0.15) is 19.4 Å². The number of carbonyl (C=O) groups is 2. The van der Waals surface area contributed by atoms with Gasteiger partial charge in [0.1, 0.15) is 11.9 Å². The highest BCUT2D eigenvalue weighted by atomic mass is 32.2. The molecule has 1 aromatic heterocycles. The summed E-state index contributed by atoms with van der Waals surface area (Å²) < 4.78 is 47.0. The van der Waals surface area contributed by atoms with E-state index in [0.717, 1.165) is 0 Å². The van der Waals surface area contributed by atoms with Crippen LogP contribution in [0.5, 0.6) is 17.2 Å². The fourth-order valence-electron chi connectivity index (χ4n) is 4.99. The maximum Gasteiger partial charge on any atom is 0.321 e. The van der Waals surface area contributed by atoms with Gasteiger partial charge in [0.05, 0.1) is 31.9 Å². The highest BCUT2D eigenvalue weighted by Gasteiger charge is 2.32. The molecule has 0 fully saturated rings. The minimum Gasteiger partial charge on any atom is -0.488 e. The number of nitrogens with one attached hydrogen (secondary N) is 2. The Kier molecular flexibility index (Phi) is 8.87. The molecule has 236 valence electrons. The molecule has 5 rings (SSSR count). The number of aliphatic hydroxyl groups excluding tert-OH is 1. The summed E-state index contributed by atoms with van der Waals surface area (Å²) in [5, 5.41) is 12.6. The van der Waals surface area contributed by atoms with Gasteiger partial charge in [0, 0.05) is 55.8 Å². The number of hydrogen-bond acceptors (Lipinski definition) is 9. The highest BCUT2D eigenvalue weighted by molar-refractivity contribution is 7.92. The quantitative estimate of drug-likeness (QED) is 0.339. The first-order valence-electron chi connectivity index (χ1n) is 14.1. The number of amides is 3. The van der Waals surface area contributed by atoms with Crippen LogP contribution < -0.4 is 24.2 Å². The van der Waals surface area contributed by atoms with Crippen molar-refractivity contribution in [3.63, 3.8) is 0 Å². The van der Waals surface area contributed by atoms with E-state index >= 15 is 0 Å². The predicted octanol–water partition coefficient (Wildman–Crippen LogP) is 2.26. The highest BCUT2D eigenvalue weighted by Crippen LogP contribution is 2.34. The minimum absolute atomic E-state index is 0.0846. The van der Waals surface area contributed by atoms with Crippen molar-refractivity contribution in [2.24, 2.45) is 13.0 Å². The Hall–Kier alpha value is -4.50. The summed E-state index contributed by atoms with van der Waals surface area (Å²) >= 11 is 0. The topological polar surface area (TPSA) is 165 Å². The first-order chi connectivity index (χ1) is 20.9. The second-order valence-corrected chi connectivity index (χ2v) is 12.7. The van der Waals surface area contributed by atoms with Crippen LogP contribution >= 0.6 is 0 Å². The van der Waals surface area contributed by atoms with E-state index in [1.807, 2.05) is 6.92 Å². The first kappa shape index (κ1) is 30.9. The number of aryl methyl sites for hydroxylation is 1. The molecule has 0 saturated heterocycles. The average molecular weight is 629 g/mol. The van der Waals surface area contributed by atoms with Crippen LogP contribution in [0.4, 0.5) is 16.2 Å².